The van der Waals surface area contributed by atoms with E-state index in [0.29, 0.717) is 18.3 Å². The molecular formula is C12H16BrN3O. The van der Waals surface area contributed by atoms with Crippen LogP contribution in [0.1, 0.15) is 29.8 Å². The zero-order valence-corrected chi connectivity index (χ0v) is 11.2. The van der Waals surface area contributed by atoms with Gasteiger partial charge in [0.25, 0.3) is 5.91 Å². The number of hydrogen-bond acceptors (Lipinski definition) is 3. The van der Waals surface area contributed by atoms with E-state index in [1.807, 2.05) is 6.07 Å². The Morgan fingerprint density at radius 1 is 1.59 bits per heavy atom. The fourth-order valence-corrected chi connectivity index (χ4v) is 2.39. The minimum Gasteiger partial charge on any atom is -0.349 e. The molecule has 17 heavy (non-hydrogen) atoms. The lowest BCUT2D eigenvalue weighted by molar-refractivity contribution is 0.0942. The van der Waals surface area contributed by atoms with Crippen molar-refractivity contribution in [1.29, 1.82) is 0 Å². The van der Waals surface area contributed by atoms with Gasteiger partial charge in [-0.2, -0.15) is 0 Å². The largest absolute Gasteiger partial charge is 0.349 e. The standard InChI is InChI=1S/C12H16BrN3O/c13-10-5-3-7-15-11(10)12(17)16-8-9-4-1-2-6-14-9/h3,5,7,9,14H,1-2,4,6,8H2,(H,16,17). The summed E-state index contributed by atoms with van der Waals surface area (Å²) in [6.07, 6.45) is 5.22. The third kappa shape index (κ3) is 3.51. The molecule has 0 radical (unpaired) electrons. The predicted molar refractivity (Wildman–Crippen MR) is 69.9 cm³/mol. The van der Waals surface area contributed by atoms with Crippen molar-refractivity contribution < 1.29 is 4.79 Å². The number of carbonyl (C=O) groups is 1. The molecule has 0 aromatic carbocycles. The first kappa shape index (κ1) is 12.5. The zero-order chi connectivity index (χ0) is 12.1. The highest BCUT2D eigenvalue weighted by molar-refractivity contribution is 9.10. The first-order chi connectivity index (χ1) is 8.27. The van der Waals surface area contributed by atoms with Gasteiger partial charge in [-0.25, -0.2) is 4.98 Å². The topological polar surface area (TPSA) is 54.0 Å². The third-order valence-corrected chi connectivity index (χ3v) is 3.53. The van der Waals surface area contributed by atoms with Crippen LogP contribution in [0, 0.1) is 0 Å². The molecule has 0 aliphatic carbocycles. The van der Waals surface area contributed by atoms with E-state index in [1.54, 1.807) is 12.3 Å². The van der Waals surface area contributed by atoms with Gasteiger partial charge in [0.05, 0.1) is 0 Å². The summed E-state index contributed by atoms with van der Waals surface area (Å²) in [6.45, 7) is 1.72. The number of amides is 1. The first-order valence-electron chi connectivity index (χ1n) is 5.89. The van der Waals surface area contributed by atoms with Crippen LogP contribution in [0.15, 0.2) is 22.8 Å². The number of piperidine rings is 1. The molecule has 0 spiro atoms. The van der Waals surface area contributed by atoms with Crippen molar-refractivity contribution in [2.24, 2.45) is 0 Å². The Morgan fingerprint density at radius 3 is 3.18 bits per heavy atom. The Balaban J connectivity index is 1.87. The molecule has 1 aliphatic rings. The number of carbonyl (C=O) groups excluding carboxylic acids is 1. The van der Waals surface area contributed by atoms with Crippen LogP contribution in [-0.4, -0.2) is 30.0 Å². The van der Waals surface area contributed by atoms with Gasteiger partial charge < -0.3 is 10.6 Å². The average molecular weight is 298 g/mol. The lowest BCUT2D eigenvalue weighted by Crippen LogP contribution is -2.43. The number of nitrogens with one attached hydrogen (secondary N) is 2. The van der Waals surface area contributed by atoms with Crippen molar-refractivity contribution in [3.8, 4) is 0 Å². The molecule has 1 saturated heterocycles. The SMILES string of the molecule is O=C(NCC1CCCCN1)c1ncccc1Br. The molecule has 1 atom stereocenters. The van der Waals surface area contributed by atoms with E-state index in [-0.39, 0.29) is 5.91 Å². The number of nitrogens with zero attached hydrogens (tertiary/aromatic N) is 1. The van der Waals surface area contributed by atoms with E-state index >= 15 is 0 Å². The summed E-state index contributed by atoms with van der Waals surface area (Å²) in [7, 11) is 0. The summed E-state index contributed by atoms with van der Waals surface area (Å²) >= 11 is 3.32. The van der Waals surface area contributed by atoms with Crippen LogP contribution in [0.4, 0.5) is 0 Å². The Labute approximate surface area is 109 Å². The number of hydrogen-bond donors (Lipinski definition) is 2. The van der Waals surface area contributed by atoms with Crippen molar-refractivity contribution in [1.82, 2.24) is 15.6 Å². The third-order valence-electron chi connectivity index (χ3n) is 2.89. The van der Waals surface area contributed by atoms with Gasteiger partial charge in [-0.1, -0.05) is 6.42 Å². The van der Waals surface area contributed by atoms with Crippen LogP contribution < -0.4 is 10.6 Å². The van der Waals surface area contributed by atoms with Crippen LogP contribution in [0.5, 0.6) is 0 Å². The van der Waals surface area contributed by atoms with Gasteiger partial charge in [0.15, 0.2) is 0 Å². The van der Waals surface area contributed by atoms with E-state index < -0.39 is 0 Å². The van der Waals surface area contributed by atoms with E-state index in [2.05, 4.69) is 31.5 Å². The molecule has 2 heterocycles. The molecule has 1 fully saturated rings. The van der Waals surface area contributed by atoms with Crippen molar-refractivity contribution in [2.45, 2.75) is 25.3 Å². The highest BCUT2D eigenvalue weighted by atomic mass is 79.9. The minimum atomic E-state index is -0.121. The second-order valence-electron chi connectivity index (χ2n) is 4.19. The normalized spacial score (nSPS) is 19.9. The number of aromatic nitrogens is 1. The van der Waals surface area contributed by atoms with Crippen LogP contribution >= 0.6 is 15.9 Å². The highest BCUT2D eigenvalue weighted by Gasteiger charge is 2.15. The van der Waals surface area contributed by atoms with Gasteiger partial charge in [0.2, 0.25) is 0 Å². The number of halogens is 1. The lowest BCUT2D eigenvalue weighted by Gasteiger charge is -2.23. The molecule has 0 saturated carbocycles. The van der Waals surface area contributed by atoms with Crippen LogP contribution in [-0.2, 0) is 0 Å². The van der Waals surface area contributed by atoms with Crippen molar-refractivity contribution in [2.75, 3.05) is 13.1 Å². The lowest BCUT2D eigenvalue weighted by atomic mass is 10.1. The van der Waals surface area contributed by atoms with Crippen molar-refractivity contribution in [3.63, 3.8) is 0 Å². The molecule has 2 rings (SSSR count). The molecule has 1 aromatic rings. The van der Waals surface area contributed by atoms with Crippen molar-refractivity contribution >= 4 is 21.8 Å². The monoisotopic (exact) mass is 297 g/mol. The summed E-state index contributed by atoms with van der Waals surface area (Å²) < 4.78 is 0.731. The van der Waals surface area contributed by atoms with Gasteiger partial charge >= 0.3 is 0 Å². The molecule has 92 valence electrons. The Hall–Kier alpha value is -0.940. The van der Waals surface area contributed by atoms with Gasteiger partial charge in [-0.05, 0) is 47.4 Å². The van der Waals surface area contributed by atoms with Crippen molar-refractivity contribution in [3.05, 3.63) is 28.5 Å². The summed E-state index contributed by atoms with van der Waals surface area (Å²) in [4.78, 5) is 15.9. The minimum absolute atomic E-state index is 0.121. The summed E-state index contributed by atoms with van der Waals surface area (Å²) in [5, 5.41) is 6.31. The molecule has 4 nitrogen and oxygen atoms in total. The Bertz CT molecular complexity index is 391. The molecule has 1 aromatic heterocycles. The van der Waals surface area contributed by atoms with E-state index in [0.717, 1.165) is 17.4 Å². The second-order valence-corrected chi connectivity index (χ2v) is 5.05. The summed E-state index contributed by atoms with van der Waals surface area (Å²) in [6, 6.07) is 4.01. The molecule has 1 unspecified atom stereocenters. The highest BCUT2D eigenvalue weighted by Crippen LogP contribution is 2.13. The van der Waals surface area contributed by atoms with Crippen LogP contribution in [0.25, 0.3) is 0 Å². The maximum atomic E-state index is 11.9. The molecule has 2 N–H and O–H groups in total. The molecule has 5 heteroatoms. The average Bonchev–Trinajstić information content (AvgIpc) is 2.38. The van der Waals surface area contributed by atoms with Gasteiger partial charge in [0, 0.05) is 23.3 Å². The molecular weight excluding hydrogens is 282 g/mol. The fourth-order valence-electron chi connectivity index (χ4n) is 1.95. The summed E-state index contributed by atoms with van der Waals surface area (Å²) in [5.74, 6) is -0.121. The molecule has 0 bridgehead atoms. The van der Waals surface area contributed by atoms with Crippen LogP contribution in [0.3, 0.4) is 0 Å². The Morgan fingerprint density at radius 2 is 2.47 bits per heavy atom. The van der Waals surface area contributed by atoms with E-state index in [1.165, 1.54) is 12.8 Å². The Kier molecular flexibility index (Phi) is 4.50. The maximum Gasteiger partial charge on any atom is 0.271 e. The number of pyridine rings is 1. The zero-order valence-electron chi connectivity index (χ0n) is 9.58. The van der Waals surface area contributed by atoms with Gasteiger partial charge in [-0.15, -0.1) is 0 Å². The molecule has 1 amide bonds. The van der Waals surface area contributed by atoms with E-state index in [9.17, 15) is 4.79 Å². The second kappa shape index (κ2) is 6.12. The maximum absolute atomic E-state index is 11.9. The fraction of sp³-hybridized carbons (Fsp3) is 0.500. The smallest absolute Gasteiger partial charge is 0.271 e. The van der Waals surface area contributed by atoms with E-state index in [4.69, 9.17) is 0 Å². The van der Waals surface area contributed by atoms with Gasteiger partial charge in [-0.3, -0.25) is 4.79 Å². The summed E-state index contributed by atoms with van der Waals surface area (Å²) in [5.41, 5.74) is 0.448. The quantitative estimate of drug-likeness (QED) is 0.893. The predicted octanol–water partition coefficient (Wildman–Crippen LogP) is 1.72. The van der Waals surface area contributed by atoms with Crippen LogP contribution in [0.2, 0.25) is 0 Å². The molecule has 1 aliphatic heterocycles. The first-order valence-corrected chi connectivity index (χ1v) is 6.69. The van der Waals surface area contributed by atoms with Gasteiger partial charge in [0.1, 0.15) is 5.69 Å². The number of rotatable bonds is 3.